The van der Waals surface area contributed by atoms with E-state index in [0.717, 1.165) is 41.0 Å². The van der Waals surface area contributed by atoms with Gasteiger partial charge >= 0.3 is 0 Å². The zero-order chi connectivity index (χ0) is 14.9. The van der Waals surface area contributed by atoms with Crippen LogP contribution >= 0.6 is 15.9 Å². The monoisotopic (exact) mass is 360 g/mol. The van der Waals surface area contributed by atoms with Crippen LogP contribution in [0.25, 0.3) is 0 Å². The molecular formula is C20H25BrO. The standard InChI is InChI=1S/C20H25BrO/c1-2-3-9-20-17-13-10-14(16(18(17)20)15(13)19(20)21)22-11-12-7-5-4-6-8-12/h4-8,13-19H,2-3,9-11H2,1H3/t13?,14-,15?,16?,17?,18?,19?,20?/m0/s1. The molecule has 0 heterocycles. The van der Waals surface area contributed by atoms with E-state index in [-0.39, 0.29) is 0 Å². The number of hydrogen-bond acceptors (Lipinski definition) is 1. The van der Waals surface area contributed by atoms with E-state index in [1.807, 2.05) is 0 Å². The van der Waals surface area contributed by atoms with Crippen molar-refractivity contribution in [2.75, 3.05) is 0 Å². The fourth-order valence-electron chi connectivity index (χ4n) is 6.80. The second kappa shape index (κ2) is 4.83. The summed E-state index contributed by atoms with van der Waals surface area (Å²) in [6, 6.07) is 10.7. The third-order valence-electron chi connectivity index (χ3n) is 7.39. The van der Waals surface area contributed by atoms with Crippen LogP contribution in [0.2, 0.25) is 0 Å². The predicted molar refractivity (Wildman–Crippen MR) is 91.8 cm³/mol. The Morgan fingerprint density at radius 3 is 2.73 bits per heavy atom. The average molecular weight is 361 g/mol. The van der Waals surface area contributed by atoms with Gasteiger partial charge in [-0.25, -0.2) is 0 Å². The lowest BCUT2D eigenvalue weighted by Gasteiger charge is -2.22. The molecule has 0 radical (unpaired) electrons. The van der Waals surface area contributed by atoms with Crippen LogP contribution in [0.3, 0.4) is 0 Å². The van der Waals surface area contributed by atoms with Gasteiger partial charge in [0.15, 0.2) is 0 Å². The maximum absolute atomic E-state index is 6.39. The Kier molecular flexibility index (Phi) is 3.08. The topological polar surface area (TPSA) is 9.23 Å². The normalized spacial score (nSPS) is 49.8. The first-order valence-corrected chi connectivity index (χ1v) is 10.00. The molecule has 5 aliphatic rings. The Morgan fingerprint density at radius 2 is 2.00 bits per heavy atom. The van der Waals surface area contributed by atoms with Crippen molar-refractivity contribution < 1.29 is 4.74 Å². The van der Waals surface area contributed by atoms with Gasteiger partial charge in [-0.2, -0.15) is 0 Å². The smallest absolute Gasteiger partial charge is 0.0720 e. The Bertz CT molecular complexity index is 568. The first-order valence-electron chi connectivity index (χ1n) is 9.08. The van der Waals surface area contributed by atoms with Gasteiger partial charge in [0, 0.05) is 4.83 Å². The van der Waals surface area contributed by atoms with Gasteiger partial charge in [-0.3, -0.25) is 0 Å². The molecule has 5 saturated carbocycles. The van der Waals surface area contributed by atoms with Crippen molar-refractivity contribution in [3.8, 4) is 0 Å². The minimum Gasteiger partial charge on any atom is -0.373 e. The van der Waals surface area contributed by atoms with Crippen molar-refractivity contribution in [3.05, 3.63) is 35.9 Å². The summed E-state index contributed by atoms with van der Waals surface area (Å²) in [7, 11) is 0. The van der Waals surface area contributed by atoms with E-state index in [1.165, 1.54) is 31.2 Å². The first-order chi connectivity index (χ1) is 10.8. The molecular weight excluding hydrogens is 336 g/mol. The van der Waals surface area contributed by atoms with Crippen LogP contribution in [0.5, 0.6) is 0 Å². The highest BCUT2D eigenvalue weighted by Crippen LogP contribution is 2.90. The van der Waals surface area contributed by atoms with Gasteiger partial charge in [0.1, 0.15) is 0 Å². The highest BCUT2D eigenvalue weighted by atomic mass is 79.9. The Morgan fingerprint density at radius 1 is 1.18 bits per heavy atom. The van der Waals surface area contributed by atoms with Crippen molar-refractivity contribution in [3.63, 3.8) is 0 Å². The summed E-state index contributed by atoms with van der Waals surface area (Å²) >= 11 is 4.13. The van der Waals surface area contributed by atoms with Gasteiger partial charge < -0.3 is 4.74 Å². The summed E-state index contributed by atoms with van der Waals surface area (Å²) in [5.74, 6) is 4.80. The third kappa shape index (κ3) is 1.59. The number of alkyl halides is 1. The molecule has 6 rings (SSSR count). The predicted octanol–water partition coefficient (Wildman–Crippen LogP) is 5.04. The zero-order valence-corrected chi connectivity index (χ0v) is 14.8. The maximum atomic E-state index is 6.39. The van der Waals surface area contributed by atoms with E-state index in [1.54, 1.807) is 0 Å². The quantitative estimate of drug-likeness (QED) is 0.645. The largest absolute Gasteiger partial charge is 0.373 e. The lowest BCUT2D eigenvalue weighted by Crippen LogP contribution is -2.23. The minimum atomic E-state index is 0.530. The second-order valence-electron chi connectivity index (χ2n) is 8.06. The molecule has 5 fully saturated rings. The molecule has 22 heavy (non-hydrogen) atoms. The molecule has 7 unspecified atom stereocenters. The Balaban J connectivity index is 1.30. The van der Waals surface area contributed by atoms with E-state index in [4.69, 9.17) is 4.74 Å². The summed E-state index contributed by atoms with van der Waals surface area (Å²) < 4.78 is 6.39. The van der Waals surface area contributed by atoms with Crippen molar-refractivity contribution in [1.82, 2.24) is 0 Å². The number of benzene rings is 1. The molecule has 1 aromatic rings. The van der Waals surface area contributed by atoms with E-state index in [2.05, 4.69) is 53.2 Å². The number of unbranched alkanes of at least 4 members (excludes halogenated alkanes) is 1. The van der Waals surface area contributed by atoms with Crippen molar-refractivity contribution in [1.29, 1.82) is 0 Å². The van der Waals surface area contributed by atoms with Gasteiger partial charge in [0.2, 0.25) is 0 Å². The third-order valence-corrected chi connectivity index (χ3v) is 8.85. The van der Waals surface area contributed by atoms with Crippen LogP contribution in [0.4, 0.5) is 0 Å². The summed E-state index contributed by atoms with van der Waals surface area (Å²) in [6.45, 7) is 3.13. The van der Waals surface area contributed by atoms with Crippen LogP contribution in [0, 0.1) is 35.0 Å². The fourth-order valence-corrected chi connectivity index (χ4v) is 8.39. The summed E-state index contributed by atoms with van der Waals surface area (Å²) in [5, 5.41) is 0. The van der Waals surface area contributed by atoms with Gasteiger partial charge in [0.05, 0.1) is 12.7 Å². The molecule has 0 amide bonds. The molecule has 0 spiro atoms. The average Bonchev–Trinajstić information content (AvgIpc) is 2.77. The summed E-state index contributed by atoms with van der Waals surface area (Å²) in [4.78, 5) is 0.793. The minimum absolute atomic E-state index is 0.530. The molecule has 0 saturated heterocycles. The molecule has 118 valence electrons. The maximum Gasteiger partial charge on any atom is 0.0720 e. The first kappa shape index (κ1) is 14.0. The van der Waals surface area contributed by atoms with Crippen molar-refractivity contribution in [2.45, 2.75) is 50.1 Å². The molecule has 1 nitrogen and oxygen atoms in total. The highest BCUT2D eigenvalue weighted by molar-refractivity contribution is 9.09. The Hall–Kier alpha value is -0.340. The number of halogens is 1. The molecule has 0 aliphatic heterocycles. The number of rotatable bonds is 6. The van der Waals surface area contributed by atoms with Crippen LogP contribution in [0.15, 0.2) is 30.3 Å². The van der Waals surface area contributed by atoms with E-state index in [0.29, 0.717) is 11.5 Å². The Labute approximate surface area is 141 Å². The summed E-state index contributed by atoms with van der Waals surface area (Å²) in [5.41, 5.74) is 2.00. The number of hydrogen-bond donors (Lipinski definition) is 0. The highest BCUT2D eigenvalue weighted by Gasteiger charge is 2.88. The zero-order valence-electron chi connectivity index (χ0n) is 13.2. The lowest BCUT2D eigenvalue weighted by atomic mass is 9.96. The van der Waals surface area contributed by atoms with Gasteiger partial charge in [-0.05, 0) is 53.4 Å². The van der Waals surface area contributed by atoms with Crippen molar-refractivity contribution >= 4 is 15.9 Å². The fraction of sp³-hybridized carbons (Fsp3) is 0.700. The molecule has 5 aliphatic carbocycles. The van der Waals surface area contributed by atoms with Gasteiger partial charge in [-0.15, -0.1) is 0 Å². The molecule has 6 bridgehead atoms. The SMILES string of the molecule is CCCCC12C(Br)C3C4C[C@H](OCc5ccccc5)C3C1C42. The van der Waals surface area contributed by atoms with Crippen LogP contribution in [-0.2, 0) is 11.3 Å². The number of ether oxygens (including phenoxy) is 1. The van der Waals surface area contributed by atoms with Crippen LogP contribution < -0.4 is 0 Å². The summed E-state index contributed by atoms with van der Waals surface area (Å²) in [6.07, 6.45) is 6.08. The molecule has 0 N–H and O–H groups in total. The second-order valence-corrected chi connectivity index (χ2v) is 9.05. The van der Waals surface area contributed by atoms with Gasteiger partial charge in [-0.1, -0.05) is 66.0 Å². The van der Waals surface area contributed by atoms with Crippen LogP contribution in [-0.4, -0.2) is 10.9 Å². The van der Waals surface area contributed by atoms with Gasteiger partial charge in [0.25, 0.3) is 0 Å². The molecule has 2 heteroatoms. The molecule has 8 atom stereocenters. The van der Waals surface area contributed by atoms with Crippen molar-refractivity contribution in [2.24, 2.45) is 35.0 Å². The van der Waals surface area contributed by atoms with E-state index in [9.17, 15) is 0 Å². The van der Waals surface area contributed by atoms with E-state index < -0.39 is 0 Å². The lowest BCUT2D eigenvalue weighted by molar-refractivity contribution is -0.000545. The molecule has 1 aromatic carbocycles. The van der Waals surface area contributed by atoms with Crippen LogP contribution in [0.1, 0.15) is 38.2 Å². The van der Waals surface area contributed by atoms with E-state index >= 15 is 0 Å². The molecule has 0 aromatic heterocycles.